The number of aliphatic imine (C=N–C) groups is 1. The van der Waals surface area contributed by atoms with E-state index < -0.39 is 11.6 Å². The number of nitrogens with zero attached hydrogens (tertiary/aromatic N) is 1. The number of hydrogen-bond donors (Lipinski definition) is 0. The van der Waals surface area contributed by atoms with E-state index in [1.54, 1.807) is 0 Å². The minimum atomic E-state index is -0.756. The number of rotatable bonds is 2. The maximum atomic E-state index is 13.7. The van der Waals surface area contributed by atoms with Gasteiger partial charge in [0.1, 0.15) is 11.6 Å². The molecule has 20 heavy (non-hydrogen) atoms. The number of aryl methyl sites for hydroxylation is 1. The molecule has 0 unspecified atom stereocenters. The second kappa shape index (κ2) is 6.53. The molecule has 1 nitrogen and oxygen atoms in total. The lowest BCUT2D eigenvalue weighted by Gasteiger charge is -1.98. The molecule has 0 aliphatic carbocycles. The number of hydrogen-bond acceptors (Lipinski definition) is 3. The highest BCUT2D eigenvalue weighted by Crippen LogP contribution is 2.21. The van der Waals surface area contributed by atoms with E-state index in [4.69, 9.17) is 0 Å². The average Bonchev–Trinajstić information content (AvgIpc) is 2.86. The topological polar surface area (TPSA) is 12.4 Å². The quantitative estimate of drug-likeness (QED) is 0.444. The van der Waals surface area contributed by atoms with Gasteiger partial charge in [0.2, 0.25) is 0 Å². The summed E-state index contributed by atoms with van der Waals surface area (Å²) in [5.41, 5.74) is -0.176. The first-order valence-electron chi connectivity index (χ1n) is 5.81. The second-order valence-electron chi connectivity index (χ2n) is 3.86. The van der Waals surface area contributed by atoms with Crippen molar-refractivity contribution in [1.29, 1.82) is 0 Å². The third-order valence-electron chi connectivity index (χ3n) is 2.52. The fraction of sp³-hybridized carbons (Fsp3) is 0.133. The molecule has 0 aliphatic rings. The zero-order valence-electron chi connectivity index (χ0n) is 10.5. The molecule has 1 aromatic carbocycles. The first kappa shape index (κ1) is 14.5. The Morgan fingerprint density at radius 2 is 1.90 bits per heavy atom. The van der Waals surface area contributed by atoms with Crippen LogP contribution in [0.3, 0.4) is 0 Å². The van der Waals surface area contributed by atoms with Gasteiger partial charge in [-0.3, -0.25) is 0 Å². The number of benzene rings is 1. The van der Waals surface area contributed by atoms with E-state index in [-0.39, 0.29) is 11.3 Å². The van der Waals surface area contributed by atoms with Gasteiger partial charge in [0.25, 0.3) is 0 Å². The molecule has 100 valence electrons. The zero-order valence-corrected chi connectivity index (χ0v) is 12.2. The molecule has 1 heterocycles. The van der Waals surface area contributed by atoms with Crippen LogP contribution in [0.4, 0.5) is 14.5 Å². The molecule has 5 heteroatoms. The summed E-state index contributed by atoms with van der Waals surface area (Å²) in [6, 6.07) is 5.96. The summed E-state index contributed by atoms with van der Waals surface area (Å²) >= 11 is 5.91. The lowest BCUT2D eigenvalue weighted by Crippen LogP contribution is -1.89. The highest BCUT2D eigenvalue weighted by atomic mass is 32.1. The maximum absolute atomic E-state index is 13.7. The van der Waals surface area contributed by atoms with E-state index in [2.05, 4.69) is 34.2 Å². The van der Waals surface area contributed by atoms with Gasteiger partial charge in [0.05, 0.1) is 21.3 Å². The van der Waals surface area contributed by atoms with Crippen molar-refractivity contribution >= 4 is 34.4 Å². The summed E-state index contributed by atoms with van der Waals surface area (Å²) < 4.78 is 27.5. The van der Waals surface area contributed by atoms with Crippen molar-refractivity contribution in [1.82, 2.24) is 0 Å². The second-order valence-corrected chi connectivity index (χ2v) is 5.21. The number of isothiocyanates is 1. The summed E-state index contributed by atoms with van der Waals surface area (Å²) in [7, 11) is 0. The lowest BCUT2D eigenvalue weighted by atomic mass is 10.2. The molecule has 2 aromatic rings. The van der Waals surface area contributed by atoms with E-state index in [0.717, 1.165) is 23.4 Å². The number of thiocarbonyl (C=S) groups is 1. The van der Waals surface area contributed by atoms with Gasteiger partial charge in [-0.2, -0.15) is 4.99 Å². The van der Waals surface area contributed by atoms with E-state index in [9.17, 15) is 8.78 Å². The largest absolute Gasteiger partial charge is 0.205 e. The van der Waals surface area contributed by atoms with Gasteiger partial charge >= 0.3 is 0 Å². The molecule has 0 radical (unpaired) electrons. The van der Waals surface area contributed by atoms with Crippen molar-refractivity contribution in [2.24, 2.45) is 4.99 Å². The Kier molecular flexibility index (Phi) is 4.75. The Hall–Kier alpha value is -1.86. The molecule has 0 bridgehead atoms. The fourth-order valence-electron chi connectivity index (χ4n) is 1.56. The Bertz CT molecular complexity index is 724. The molecule has 0 amide bonds. The molecule has 0 saturated carbocycles. The predicted octanol–water partition coefficient (Wildman–Crippen LogP) is 4.72. The van der Waals surface area contributed by atoms with Gasteiger partial charge in [0, 0.05) is 17.0 Å². The third-order valence-corrected chi connectivity index (χ3v) is 3.76. The van der Waals surface area contributed by atoms with Crippen LogP contribution in [-0.4, -0.2) is 5.16 Å². The SMILES string of the molecule is CCc1ccc(C#Cc2c(F)cc(N=C=S)cc2F)s1. The monoisotopic (exact) mass is 305 g/mol. The van der Waals surface area contributed by atoms with Crippen molar-refractivity contribution in [3.63, 3.8) is 0 Å². The van der Waals surface area contributed by atoms with Gasteiger partial charge in [-0.05, 0) is 30.8 Å². The summed E-state index contributed by atoms with van der Waals surface area (Å²) in [4.78, 5) is 5.50. The fourth-order valence-corrected chi connectivity index (χ4v) is 2.46. The summed E-state index contributed by atoms with van der Waals surface area (Å²) in [5, 5.41) is 2.07. The predicted molar refractivity (Wildman–Crippen MR) is 80.7 cm³/mol. The molecule has 0 saturated heterocycles. The van der Waals surface area contributed by atoms with E-state index >= 15 is 0 Å². The number of halogens is 2. The first-order chi connectivity index (χ1) is 9.63. The van der Waals surface area contributed by atoms with Crippen molar-refractivity contribution in [2.45, 2.75) is 13.3 Å². The molecular formula is C15H9F2NS2. The molecule has 0 aliphatic heterocycles. The van der Waals surface area contributed by atoms with E-state index in [1.165, 1.54) is 16.2 Å². The van der Waals surface area contributed by atoms with Crippen LogP contribution in [0.15, 0.2) is 29.3 Å². The average molecular weight is 305 g/mol. The minimum absolute atomic E-state index is 0.0879. The van der Waals surface area contributed by atoms with Gasteiger partial charge in [-0.25, -0.2) is 8.78 Å². The minimum Gasteiger partial charge on any atom is -0.205 e. The van der Waals surface area contributed by atoms with Crippen LogP contribution >= 0.6 is 23.6 Å². The third kappa shape index (κ3) is 3.37. The molecule has 0 atom stereocenters. The van der Waals surface area contributed by atoms with Crippen LogP contribution < -0.4 is 0 Å². The summed E-state index contributed by atoms with van der Waals surface area (Å²) in [6.07, 6.45) is 0.916. The van der Waals surface area contributed by atoms with Crippen LogP contribution in [0, 0.1) is 23.5 Å². The Morgan fingerprint density at radius 3 is 2.45 bits per heavy atom. The first-order valence-corrected chi connectivity index (χ1v) is 7.04. The zero-order chi connectivity index (χ0) is 14.5. The molecular weight excluding hydrogens is 296 g/mol. The van der Waals surface area contributed by atoms with Crippen LogP contribution in [-0.2, 0) is 6.42 Å². The van der Waals surface area contributed by atoms with Gasteiger partial charge in [0.15, 0.2) is 0 Å². The Morgan fingerprint density at radius 1 is 1.20 bits per heavy atom. The van der Waals surface area contributed by atoms with Crippen LogP contribution in [0.25, 0.3) is 0 Å². The van der Waals surface area contributed by atoms with Gasteiger partial charge < -0.3 is 0 Å². The van der Waals surface area contributed by atoms with Crippen LogP contribution in [0.1, 0.15) is 22.2 Å². The normalized spacial score (nSPS) is 9.55. The molecule has 0 spiro atoms. The molecule has 0 fully saturated rings. The highest BCUT2D eigenvalue weighted by Gasteiger charge is 2.08. The Labute approximate surface area is 125 Å². The molecule has 0 N–H and O–H groups in total. The summed E-state index contributed by atoms with van der Waals surface area (Å²) in [5.74, 6) is 3.79. The van der Waals surface area contributed by atoms with Crippen LogP contribution in [0.2, 0.25) is 0 Å². The van der Waals surface area contributed by atoms with Gasteiger partial charge in [-0.15, -0.1) is 11.3 Å². The molecule has 2 rings (SSSR count). The Balaban J connectivity index is 2.37. The maximum Gasteiger partial charge on any atom is 0.143 e. The lowest BCUT2D eigenvalue weighted by molar-refractivity contribution is 0.578. The van der Waals surface area contributed by atoms with E-state index in [1.807, 2.05) is 19.1 Å². The standard InChI is InChI=1S/C15H9F2NS2/c1-2-11-3-4-12(20-11)5-6-13-14(16)7-10(18-9-19)8-15(13)17/h3-4,7-8H,2H2,1H3. The smallest absolute Gasteiger partial charge is 0.143 e. The number of thiophene rings is 1. The van der Waals surface area contributed by atoms with Crippen molar-refractivity contribution in [2.75, 3.05) is 0 Å². The van der Waals surface area contributed by atoms with E-state index in [0.29, 0.717) is 0 Å². The van der Waals surface area contributed by atoms with Gasteiger partial charge in [-0.1, -0.05) is 18.8 Å². The highest BCUT2D eigenvalue weighted by molar-refractivity contribution is 7.78. The van der Waals surface area contributed by atoms with Crippen molar-refractivity contribution in [3.8, 4) is 11.8 Å². The van der Waals surface area contributed by atoms with Crippen molar-refractivity contribution < 1.29 is 8.78 Å². The van der Waals surface area contributed by atoms with Crippen molar-refractivity contribution in [3.05, 3.63) is 51.2 Å². The summed E-state index contributed by atoms with van der Waals surface area (Å²) in [6.45, 7) is 2.04. The van der Waals surface area contributed by atoms with Crippen LogP contribution in [0.5, 0.6) is 0 Å². The molecule has 1 aromatic heterocycles.